The highest BCUT2D eigenvalue weighted by atomic mass is 79.9. The van der Waals surface area contributed by atoms with Crippen molar-refractivity contribution >= 4 is 39.1 Å². The minimum atomic E-state index is 0.0173. The molecule has 0 spiro atoms. The lowest BCUT2D eigenvalue weighted by Gasteiger charge is -2.21. The lowest BCUT2D eigenvalue weighted by Crippen LogP contribution is -2.19. The average Bonchev–Trinajstić information content (AvgIpc) is 2.38. The molecule has 0 bridgehead atoms. The summed E-state index contributed by atoms with van der Waals surface area (Å²) in [7, 11) is 1.92. The fourth-order valence-electron chi connectivity index (χ4n) is 2.14. The third kappa shape index (κ3) is 3.32. The number of hydrogen-bond acceptors (Lipinski definition) is 1. The van der Waals surface area contributed by atoms with E-state index in [0.29, 0.717) is 10.0 Å². The van der Waals surface area contributed by atoms with Crippen molar-refractivity contribution < 1.29 is 0 Å². The van der Waals surface area contributed by atoms with Crippen molar-refractivity contribution in [1.29, 1.82) is 0 Å². The SMILES string of the molecule is CNC(c1cc(Br)ccc1C)c1cc(Cl)ccc1Cl. The minimum absolute atomic E-state index is 0.0173. The number of halogens is 3. The predicted molar refractivity (Wildman–Crippen MR) is 86.2 cm³/mol. The third-order valence-corrected chi connectivity index (χ3v) is 4.18. The van der Waals surface area contributed by atoms with Crippen LogP contribution in [-0.2, 0) is 0 Å². The van der Waals surface area contributed by atoms with Gasteiger partial charge in [0.2, 0.25) is 0 Å². The fraction of sp³-hybridized carbons (Fsp3) is 0.200. The van der Waals surface area contributed by atoms with Crippen molar-refractivity contribution in [3.05, 3.63) is 67.6 Å². The van der Waals surface area contributed by atoms with E-state index in [1.165, 1.54) is 11.1 Å². The molecule has 1 nitrogen and oxygen atoms in total. The van der Waals surface area contributed by atoms with Gasteiger partial charge in [-0.2, -0.15) is 0 Å². The molecule has 4 heteroatoms. The fourth-order valence-corrected chi connectivity index (χ4v) is 2.92. The van der Waals surface area contributed by atoms with Gasteiger partial charge in [-0.15, -0.1) is 0 Å². The van der Waals surface area contributed by atoms with Crippen LogP contribution in [0.4, 0.5) is 0 Å². The first-order valence-electron chi connectivity index (χ1n) is 5.91. The summed E-state index contributed by atoms with van der Waals surface area (Å²) in [5, 5.41) is 4.71. The Morgan fingerprint density at radius 3 is 2.47 bits per heavy atom. The van der Waals surface area contributed by atoms with Crippen LogP contribution in [0.2, 0.25) is 10.0 Å². The lowest BCUT2D eigenvalue weighted by molar-refractivity contribution is 0.687. The van der Waals surface area contributed by atoms with Gasteiger partial charge in [-0.1, -0.05) is 45.2 Å². The molecule has 2 rings (SSSR count). The van der Waals surface area contributed by atoms with Gasteiger partial charge in [0, 0.05) is 14.5 Å². The van der Waals surface area contributed by atoms with Crippen LogP contribution in [0.1, 0.15) is 22.7 Å². The highest BCUT2D eigenvalue weighted by Gasteiger charge is 2.17. The van der Waals surface area contributed by atoms with Gasteiger partial charge in [0.05, 0.1) is 6.04 Å². The maximum absolute atomic E-state index is 6.30. The van der Waals surface area contributed by atoms with E-state index in [-0.39, 0.29) is 6.04 Å². The van der Waals surface area contributed by atoms with Gasteiger partial charge in [-0.25, -0.2) is 0 Å². The maximum atomic E-state index is 6.30. The standard InChI is InChI=1S/C15H14BrCl2N/c1-9-3-4-10(16)7-12(9)15(19-2)13-8-11(17)5-6-14(13)18/h3-8,15,19H,1-2H3. The Morgan fingerprint density at radius 1 is 1.05 bits per heavy atom. The summed E-state index contributed by atoms with van der Waals surface area (Å²) in [4.78, 5) is 0. The van der Waals surface area contributed by atoms with Crippen LogP contribution in [-0.4, -0.2) is 7.05 Å². The monoisotopic (exact) mass is 357 g/mol. The highest BCUT2D eigenvalue weighted by Crippen LogP contribution is 2.33. The molecule has 2 aromatic rings. The molecule has 0 fully saturated rings. The molecule has 0 aliphatic heterocycles. The largest absolute Gasteiger partial charge is 0.309 e. The molecule has 0 saturated carbocycles. The third-order valence-electron chi connectivity index (χ3n) is 3.11. The topological polar surface area (TPSA) is 12.0 Å². The Morgan fingerprint density at radius 2 is 1.79 bits per heavy atom. The van der Waals surface area contributed by atoms with E-state index < -0.39 is 0 Å². The van der Waals surface area contributed by atoms with E-state index in [2.05, 4.69) is 40.3 Å². The second kappa shape index (κ2) is 6.27. The zero-order valence-corrected chi connectivity index (χ0v) is 13.8. The summed E-state index contributed by atoms with van der Waals surface area (Å²) >= 11 is 15.9. The van der Waals surface area contributed by atoms with Crippen molar-refractivity contribution in [1.82, 2.24) is 5.32 Å². The number of hydrogen-bond donors (Lipinski definition) is 1. The molecule has 0 saturated heterocycles. The molecule has 1 unspecified atom stereocenters. The Labute approximate surface area is 132 Å². The van der Waals surface area contributed by atoms with E-state index in [0.717, 1.165) is 10.0 Å². The van der Waals surface area contributed by atoms with Gasteiger partial charge in [0.15, 0.2) is 0 Å². The molecule has 0 aliphatic rings. The summed E-state index contributed by atoms with van der Waals surface area (Å²) < 4.78 is 1.05. The number of aryl methyl sites for hydroxylation is 1. The average molecular weight is 359 g/mol. The minimum Gasteiger partial charge on any atom is -0.309 e. The number of nitrogens with one attached hydrogen (secondary N) is 1. The zero-order chi connectivity index (χ0) is 14.0. The van der Waals surface area contributed by atoms with Crippen molar-refractivity contribution in [2.75, 3.05) is 7.05 Å². The van der Waals surface area contributed by atoms with E-state index in [4.69, 9.17) is 23.2 Å². The summed E-state index contributed by atoms with van der Waals surface area (Å²) in [6.07, 6.45) is 0. The number of rotatable bonds is 3. The summed E-state index contributed by atoms with van der Waals surface area (Å²) in [5.74, 6) is 0. The van der Waals surface area contributed by atoms with Crippen LogP contribution in [0, 0.1) is 6.92 Å². The molecular weight excluding hydrogens is 345 g/mol. The van der Waals surface area contributed by atoms with Gasteiger partial charge in [-0.05, 0) is 61.0 Å². The molecule has 0 heterocycles. The molecule has 1 N–H and O–H groups in total. The normalized spacial score (nSPS) is 12.5. The van der Waals surface area contributed by atoms with Crippen LogP contribution >= 0.6 is 39.1 Å². The first-order valence-corrected chi connectivity index (χ1v) is 7.46. The predicted octanol–water partition coefficient (Wildman–Crippen LogP) is 5.37. The Bertz CT molecular complexity index is 547. The summed E-state index contributed by atoms with van der Waals surface area (Å²) in [6, 6.07) is 11.8. The molecule has 19 heavy (non-hydrogen) atoms. The Hall–Kier alpha value is -0.540. The van der Waals surface area contributed by atoms with Gasteiger partial charge in [0.1, 0.15) is 0 Å². The molecule has 0 radical (unpaired) electrons. The van der Waals surface area contributed by atoms with Gasteiger partial charge >= 0.3 is 0 Å². The van der Waals surface area contributed by atoms with Crippen LogP contribution in [0.25, 0.3) is 0 Å². The van der Waals surface area contributed by atoms with Crippen LogP contribution < -0.4 is 5.32 Å². The highest BCUT2D eigenvalue weighted by molar-refractivity contribution is 9.10. The van der Waals surface area contributed by atoms with E-state index >= 15 is 0 Å². The van der Waals surface area contributed by atoms with Gasteiger partial charge in [0.25, 0.3) is 0 Å². The molecular formula is C15H14BrCl2N. The molecule has 100 valence electrons. The van der Waals surface area contributed by atoms with Gasteiger partial charge < -0.3 is 5.32 Å². The molecule has 1 atom stereocenters. The molecule has 0 amide bonds. The Balaban J connectivity index is 2.55. The van der Waals surface area contributed by atoms with E-state index in [1.54, 1.807) is 6.07 Å². The zero-order valence-electron chi connectivity index (χ0n) is 10.7. The Kier molecular flexibility index (Phi) is 4.91. The van der Waals surface area contributed by atoms with Crippen molar-refractivity contribution in [2.24, 2.45) is 0 Å². The smallest absolute Gasteiger partial charge is 0.0592 e. The van der Waals surface area contributed by atoms with Crippen molar-refractivity contribution in [3.63, 3.8) is 0 Å². The van der Waals surface area contributed by atoms with E-state index in [9.17, 15) is 0 Å². The van der Waals surface area contributed by atoms with Gasteiger partial charge in [-0.3, -0.25) is 0 Å². The molecule has 2 aromatic carbocycles. The maximum Gasteiger partial charge on any atom is 0.0592 e. The van der Waals surface area contributed by atoms with E-state index in [1.807, 2.05) is 25.2 Å². The molecule has 0 aliphatic carbocycles. The second-order valence-corrected chi connectivity index (χ2v) is 6.15. The number of benzene rings is 2. The van der Waals surface area contributed by atoms with Crippen LogP contribution in [0.15, 0.2) is 40.9 Å². The van der Waals surface area contributed by atoms with Crippen molar-refractivity contribution in [2.45, 2.75) is 13.0 Å². The molecule has 0 aromatic heterocycles. The van der Waals surface area contributed by atoms with Crippen LogP contribution in [0.3, 0.4) is 0 Å². The van der Waals surface area contributed by atoms with Crippen LogP contribution in [0.5, 0.6) is 0 Å². The lowest BCUT2D eigenvalue weighted by atomic mass is 9.95. The first-order chi connectivity index (χ1) is 9.02. The van der Waals surface area contributed by atoms with Crippen molar-refractivity contribution in [3.8, 4) is 0 Å². The summed E-state index contributed by atoms with van der Waals surface area (Å²) in [6.45, 7) is 2.09. The quantitative estimate of drug-likeness (QED) is 0.777. The second-order valence-electron chi connectivity index (χ2n) is 4.39. The summed E-state index contributed by atoms with van der Waals surface area (Å²) in [5.41, 5.74) is 3.37. The first kappa shape index (κ1) is 14.9.